The number of carbonyl (C=O) groups excluding carboxylic acids is 2. The molecule has 0 radical (unpaired) electrons. The molecule has 0 bridgehead atoms. The summed E-state index contributed by atoms with van der Waals surface area (Å²) in [5.41, 5.74) is 0.372. The number of amides is 2. The number of benzene rings is 3. The van der Waals surface area contributed by atoms with Crippen molar-refractivity contribution >= 4 is 46.1 Å². The van der Waals surface area contributed by atoms with Crippen molar-refractivity contribution in [3.8, 4) is 0 Å². The van der Waals surface area contributed by atoms with Crippen LogP contribution in [0.5, 0.6) is 0 Å². The number of nitrogens with zero attached hydrogens (tertiary/aromatic N) is 3. The maximum Gasteiger partial charge on any atom is 0.414 e. The van der Waals surface area contributed by atoms with E-state index in [1.807, 2.05) is 37.8 Å². The number of carbonyl (C=O) groups is 2. The summed E-state index contributed by atoms with van der Waals surface area (Å²) in [6.45, 7) is 7.76. The first-order chi connectivity index (χ1) is 18.2. The van der Waals surface area contributed by atoms with Gasteiger partial charge in [0.05, 0.1) is 17.9 Å². The Labute approximate surface area is 226 Å². The van der Waals surface area contributed by atoms with Crippen LogP contribution in [-0.2, 0) is 9.47 Å². The second kappa shape index (κ2) is 10.7. The second-order valence-electron chi connectivity index (χ2n) is 10.5. The first-order valence-corrected chi connectivity index (χ1v) is 13.8. The van der Waals surface area contributed by atoms with Crippen LogP contribution in [-0.4, -0.2) is 67.3 Å². The van der Waals surface area contributed by atoms with E-state index in [0.29, 0.717) is 49.9 Å². The van der Waals surface area contributed by atoms with Gasteiger partial charge in [-0.2, -0.15) is 0 Å². The van der Waals surface area contributed by atoms with Gasteiger partial charge >= 0.3 is 12.2 Å². The lowest BCUT2D eigenvalue weighted by Crippen LogP contribution is -2.50. The van der Waals surface area contributed by atoms with Crippen LogP contribution >= 0.6 is 11.8 Å². The smallest absolute Gasteiger partial charge is 0.414 e. The average Bonchev–Trinajstić information content (AvgIpc) is 3.27. The highest BCUT2D eigenvalue weighted by Crippen LogP contribution is 2.31. The molecule has 9 heteroatoms. The van der Waals surface area contributed by atoms with Crippen molar-refractivity contribution < 1.29 is 23.5 Å². The third-order valence-corrected chi connectivity index (χ3v) is 7.67. The molecule has 0 unspecified atom stereocenters. The maximum absolute atomic E-state index is 15.2. The summed E-state index contributed by atoms with van der Waals surface area (Å²) in [5, 5.41) is 2.36. The van der Waals surface area contributed by atoms with Crippen molar-refractivity contribution in [2.75, 3.05) is 48.3 Å². The molecule has 7 nitrogen and oxygen atoms in total. The molecule has 2 saturated heterocycles. The normalized spacial score (nSPS) is 18.2. The molecule has 3 aromatic rings. The minimum absolute atomic E-state index is 0.289. The van der Waals surface area contributed by atoms with Crippen molar-refractivity contribution in [2.45, 2.75) is 37.4 Å². The number of ether oxygens (including phenoxy) is 2. The number of piperazine rings is 1. The molecule has 2 aliphatic rings. The van der Waals surface area contributed by atoms with Crippen LogP contribution in [0.15, 0.2) is 65.6 Å². The van der Waals surface area contributed by atoms with Crippen molar-refractivity contribution in [1.29, 1.82) is 0 Å². The molecule has 1 atom stereocenters. The van der Waals surface area contributed by atoms with Crippen LogP contribution in [0.3, 0.4) is 0 Å². The molecule has 38 heavy (non-hydrogen) atoms. The van der Waals surface area contributed by atoms with Crippen LogP contribution < -0.4 is 9.80 Å². The van der Waals surface area contributed by atoms with E-state index in [-0.39, 0.29) is 12.2 Å². The Balaban J connectivity index is 1.17. The summed E-state index contributed by atoms with van der Waals surface area (Å²) in [6, 6.07) is 19.3. The number of fused-ring (bicyclic) bond motifs is 1. The molecule has 200 valence electrons. The first-order valence-electron chi connectivity index (χ1n) is 12.8. The van der Waals surface area contributed by atoms with Crippen LogP contribution in [0.1, 0.15) is 20.8 Å². The standard InChI is InChI=1S/C29H32FN3O4S/c1-29(2,3)37-27(34)32-14-12-31(13-15-32)26-11-9-22(17-25(26)30)33-18-23(36-28(33)35)19-38-24-10-8-20-6-4-5-7-21(20)16-24/h4-11,16-17,23H,12-15,18-19H2,1-3H3/t23-/m1/s1. The van der Waals surface area contributed by atoms with Crippen molar-refractivity contribution in [1.82, 2.24) is 4.90 Å². The summed E-state index contributed by atoms with van der Waals surface area (Å²) >= 11 is 1.64. The Kier molecular flexibility index (Phi) is 7.38. The first kappa shape index (κ1) is 26.2. The van der Waals surface area contributed by atoms with E-state index in [4.69, 9.17) is 9.47 Å². The molecule has 0 aromatic heterocycles. The maximum atomic E-state index is 15.2. The fourth-order valence-electron chi connectivity index (χ4n) is 4.64. The van der Waals surface area contributed by atoms with Gasteiger partial charge in [0.15, 0.2) is 0 Å². The van der Waals surface area contributed by atoms with E-state index in [1.165, 1.54) is 21.7 Å². The summed E-state index contributed by atoms with van der Waals surface area (Å²) in [6.07, 6.45) is -1.11. The van der Waals surface area contributed by atoms with Crippen molar-refractivity contribution in [3.63, 3.8) is 0 Å². The Morgan fingerprint density at radius 2 is 1.76 bits per heavy atom. The SMILES string of the molecule is CC(C)(C)OC(=O)N1CCN(c2ccc(N3C[C@H](CSc4ccc5ccccc5c4)OC3=O)cc2F)CC1. The largest absolute Gasteiger partial charge is 0.444 e. The van der Waals surface area contributed by atoms with Crippen molar-refractivity contribution in [3.05, 3.63) is 66.5 Å². The van der Waals surface area contributed by atoms with Gasteiger partial charge in [0.1, 0.15) is 17.5 Å². The van der Waals surface area contributed by atoms with E-state index in [9.17, 15) is 9.59 Å². The quantitative estimate of drug-likeness (QED) is 0.364. The second-order valence-corrected chi connectivity index (χ2v) is 11.6. The number of anilines is 2. The summed E-state index contributed by atoms with van der Waals surface area (Å²) in [4.78, 5) is 31.0. The van der Waals surface area contributed by atoms with Gasteiger partial charge < -0.3 is 19.3 Å². The van der Waals surface area contributed by atoms with Gasteiger partial charge in [-0.15, -0.1) is 11.8 Å². The fraction of sp³-hybridized carbons (Fsp3) is 0.379. The van der Waals surface area contributed by atoms with Gasteiger partial charge in [-0.05, 0) is 61.9 Å². The fourth-order valence-corrected chi connectivity index (χ4v) is 5.57. The van der Waals surface area contributed by atoms with Crippen LogP contribution in [0, 0.1) is 5.82 Å². The minimum atomic E-state index is -0.555. The molecule has 2 fully saturated rings. The molecule has 5 rings (SSSR count). The molecular weight excluding hydrogens is 505 g/mol. The van der Waals surface area contributed by atoms with E-state index in [0.717, 1.165) is 4.90 Å². The highest BCUT2D eigenvalue weighted by Gasteiger charge is 2.33. The number of hydrogen-bond donors (Lipinski definition) is 0. The van der Waals surface area contributed by atoms with E-state index in [2.05, 4.69) is 30.3 Å². The predicted molar refractivity (Wildman–Crippen MR) is 149 cm³/mol. The summed E-state index contributed by atoms with van der Waals surface area (Å²) in [7, 11) is 0. The third kappa shape index (κ3) is 5.99. The van der Waals surface area contributed by atoms with E-state index >= 15 is 4.39 Å². The summed E-state index contributed by atoms with van der Waals surface area (Å²) < 4.78 is 26.2. The number of halogens is 1. The minimum Gasteiger partial charge on any atom is -0.444 e. The van der Waals surface area contributed by atoms with Gasteiger partial charge in [0.25, 0.3) is 0 Å². The van der Waals surface area contributed by atoms with Crippen molar-refractivity contribution in [2.24, 2.45) is 0 Å². The van der Waals surface area contributed by atoms with Gasteiger partial charge in [0, 0.05) is 36.8 Å². The molecule has 2 aliphatic heterocycles. The zero-order chi connectivity index (χ0) is 26.9. The lowest BCUT2D eigenvalue weighted by molar-refractivity contribution is 0.0240. The molecule has 0 spiro atoms. The summed E-state index contributed by atoms with van der Waals surface area (Å²) in [5.74, 6) is 0.207. The van der Waals surface area contributed by atoms with Crippen LogP contribution in [0.2, 0.25) is 0 Å². The highest BCUT2D eigenvalue weighted by molar-refractivity contribution is 7.99. The molecule has 2 heterocycles. The number of thioether (sulfide) groups is 1. The molecule has 3 aromatic carbocycles. The van der Waals surface area contributed by atoms with E-state index in [1.54, 1.807) is 28.8 Å². The highest BCUT2D eigenvalue weighted by atomic mass is 32.2. The van der Waals surface area contributed by atoms with Gasteiger partial charge in [-0.25, -0.2) is 14.0 Å². The van der Waals surface area contributed by atoms with Gasteiger partial charge in [-0.3, -0.25) is 4.90 Å². The molecular formula is C29H32FN3O4S. The molecule has 0 aliphatic carbocycles. The van der Waals surface area contributed by atoms with Crippen LogP contribution in [0.25, 0.3) is 10.8 Å². The molecule has 0 saturated carbocycles. The zero-order valence-corrected chi connectivity index (χ0v) is 22.7. The lowest BCUT2D eigenvalue weighted by atomic mass is 10.1. The van der Waals surface area contributed by atoms with E-state index < -0.39 is 17.5 Å². The number of hydrogen-bond acceptors (Lipinski definition) is 6. The topological polar surface area (TPSA) is 62.3 Å². The van der Waals surface area contributed by atoms with Gasteiger partial charge in [0.2, 0.25) is 0 Å². The van der Waals surface area contributed by atoms with Crippen LogP contribution in [0.4, 0.5) is 25.4 Å². The number of rotatable bonds is 5. The number of cyclic esters (lactones) is 1. The molecule has 2 amide bonds. The molecule has 0 N–H and O–H groups in total. The Morgan fingerprint density at radius 3 is 2.47 bits per heavy atom. The zero-order valence-electron chi connectivity index (χ0n) is 21.9. The Hall–Kier alpha value is -3.46. The lowest BCUT2D eigenvalue weighted by Gasteiger charge is -2.37. The monoisotopic (exact) mass is 537 g/mol. The third-order valence-electron chi connectivity index (χ3n) is 6.55. The van der Waals surface area contributed by atoms with Gasteiger partial charge in [-0.1, -0.05) is 30.3 Å². The Bertz CT molecular complexity index is 1340. The Morgan fingerprint density at radius 1 is 1.03 bits per heavy atom. The average molecular weight is 538 g/mol. The predicted octanol–water partition coefficient (Wildman–Crippen LogP) is 6.15.